The van der Waals surface area contributed by atoms with Crippen LogP contribution >= 0.6 is 23.2 Å². The van der Waals surface area contributed by atoms with Gasteiger partial charge in [-0.15, -0.1) is 23.2 Å². The van der Waals surface area contributed by atoms with E-state index in [0.717, 1.165) is 0 Å². The lowest BCUT2D eigenvalue weighted by molar-refractivity contribution is 1.77. The minimum absolute atomic E-state index is 0.0399. The van der Waals surface area contributed by atoms with E-state index in [4.69, 9.17) is 23.2 Å². The first kappa shape index (κ1) is 9.32. The Morgan fingerprint density at radius 2 is 1.73 bits per heavy atom. The van der Waals surface area contributed by atoms with Gasteiger partial charge in [0.25, 0.3) is 0 Å². The molecule has 11 heavy (non-hydrogen) atoms. The first-order valence-corrected chi connectivity index (χ1v) is 10.0. The van der Waals surface area contributed by atoms with E-state index in [0.29, 0.717) is 0 Å². The van der Waals surface area contributed by atoms with Crippen LogP contribution in [-0.4, -0.2) is 22.5 Å². The highest BCUT2D eigenvalue weighted by Gasteiger charge is 2.00. The summed E-state index contributed by atoms with van der Waals surface area (Å²) >= 11 is 11.4. The monoisotopic (exact) mass is 220 g/mol. The molecule has 0 aliphatic rings. The van der Waals surface area contributed by atoms with Crippen molar-refractivity contribution in [2.45, 2.75) is 4.46 Å². The van der Waals surface area contributed by atoms with Crippen LogP contribution in [0.15, 0.2) is 30.3 Å². The van der Waals surface area contributed by atoms with Gasteiger partial charge < -0.3 is 0 Å². The Morgan fingerprint density at radius 3 is 2.27 bits per heavy atom. The average Bonchev–Trinajstić information content (AvgIpc) is 2.03. The number of hydrogen-bond donors (Lipinski definition) is 0. The van der Waals surface area contributed by atoms with E-state index >= 15 is 0 Å². The van der Waals surface area contributed by atoms with Crippen molar-refractivity contribution < 1.29 is 0 Å². The van der Waals surface area contributed by atoms with Crippen LogP contribution in [0.3, 0.4) is 0 Å². The second-order valence-electron chi connectivity index (χ2n) is 2.42. The highest BCUT2D eigenvalue weighted by Crippen LogP contribution is 1.96. The zero-order valence-electron chi connectivity index (χ0n) is 6.13. The van der Waals surface area contributed by atoms with Gasteiger partial charge in [-0.05, 0) is 0 Å². The maximum Gasteiger partial charge on any atom is 0.0883 e. The van der Waals surface area contributed by atoms with Gasteiger partial charge in [-0.25, -0.2) is 0 Å². The number of hydrogen-bond acceptors (Lipinski definition) is 0. The molecule has 0 bridgehead atoms. The average molecular weight is 221 g/mol. The van der Waals surface area contributed by atoms with E-state index in [1.54, 1.807) is 0 Å². The van der Waals surface area contributed by atoms with E-state index in [9.17, 15) is 0 Å². The Kier molecular flexibility index (Phi) is 4.22. The summed E-state index contributed by atoms with van der Waals surface area (Å²) in [6, 6.07) is 10.5. The van der Waals surface area contributed by atoms with Crippen molar-refractivity contribution in [2.75, 3.05) is 0 Å². The minimum atomic E-state index is -0.182. The van der Waals surface area contributed by atoms with Crippen molar-refractivity contribution in [2.24, 2.45) is 0 Å². The van der Waals surface area contributed by atoms with E-state index in [2.05, 4.69) is 24.3 Å². The summed E-state index contributed by atoms with van der Waals surface area (Å²) in [5.74, 6) is 0. The van der Waals surface area contributed by atoms with Gasteiger partial charge in [0, 0.05) is 9.04 Å². The Bertz CT molecular complexity index is 201. The van der Waals surface area contributed by atoms with Crippen LogP contribution in [0.2, 0.25) is 0 Å². The molecule has 1 rings (SSSR count). The first-order valence-electron chi connectivity index (χ1n) is 3.61. The van der Waals surface area contributed by atoms with Crippen LogP contribution in [0.1, 0.15) is 0 Å². The second kappa shape index (κ2) is 4.98. The van der Waals surface area contributed by atoms with Gasteiger partial charge in [-0.3, -0.25) is 0 Å². The zero-order valence-corrected chi connectivity index (χ0v) is 10.5. The molecule has 0 amide bonds. The lowest BCUT2D eigenvalue weighted by atomic mass is 10.4. The van der Waals surface area contributed by atoms with E-state index in [1.807, 2.05) is 6.07 Å². The Hall–Kier alpha value is 0.234. The predicted molar refractivity (Wildman–Crippen MR) is 58.7 cm³/mol. The molecule has 0 N–H and O–H groups in total. The summed E-state index contributed by atoms with van der Waals surface area (Å²) in [6.07, 6.45) is 0. The fraction of sp³-hybridized carbons (Fsp3) is 0.143. The molecule has 1 aromatic rings. The molecule has 0 saturated heterocycles. The fourth-order valence-corrected chi connectivity index (χ4v) is 6.70. The standard InChI is InChI=1S/C7H10Cl2Si2/c8-7(9)11-10-6-4-2-1-3-5-6/h1-5,7H,10-11H2. The molecule has 60 valence electrons. The predicted octanol–water partition coefficient (Wildman–Crippen LogP) is 0.326. The third kappa shape index (κ3) is 3.96. The third-order valence-electron chi connectivity index (χ3n) is 1.49. The molecule has 0 aliphatic heterocycles. The maximum absolute atomic E-state index is 5.69. The quantitative estimate of drug-likeness (QED) is 0.509. The van der Waals surface area contributed by atoms with Gasteiger partial charge in [-0.2, -0.15) is 0 Å². The summed E-state index contributed by atoms with van der Waals surface area (Å²) in [6.45, 7) is 0. The maximum atomic E-state index is 5.69. The van der Waals surface area contributed by atoms with Crippen LogP contribution in [0.25, 0.3) is 0 Å². The molecule has 0 fully saturated rings. The second-order valence-corrected chi connectivity index (χ2v) is 10.7. The van der Waals surface area contributed by atoms with Crippen molar-refractivity contribution in [1.82, 2.24) is 0 Å². The highest BCUT2D eigenvalue weighted by molar-refractivity contribution is 7.12. The molecule has 0 saturated carbocycles. The lowest BCUT2D eigenvalue weighted by Gasteiger charge is -1.98. The van der Waals surface area contributed by atoms with Crippen LogP contribution < -0.4 is 5.19 Å². The normalized spacial score (nSPS) is 12.6. The number of halogens is 2. The lowest BCUT2D eigenvalue weighted by Crippen LogP contribution is -2.24. The van der Waals surface area contributed by atoms with Crippen molar-refractivity contribution >= 4 is 46.5 Å². The van der Waals surface area contributed by atoms with E-state index in [1.165, 1.54) is 5.19 Å². The Morgan fingerprint density at radius 1 is 1.09 bits per heavy atom. The first-order chi connectivity index (χ1) is 5.29. The molecule has 4 heteroatoms. The summed E-state index contributed by atoms with van der Waals surface area (Å²) in [5, 5.41) is 1.49. The van der Waals surface area contributed by atoms with Crippen LogP contribution in [0, 0.1) is 0 Å². The van der Waals surface area contributed by atoms with Crippen molar-refractivity contribution in [3.05, 3.63) is 30.3 Å². The van der Waals surface area contributed by atoms with E-state index in [-0.39, 0.29) is 22.5 Å². The SMILES string of the molecule is ClC(Cl)[SiH2][SiH2]c1ccccc1. The molecule has 0 radical (unpaired) electrons. The van der Waals surface area contributed by atoms with Crippen LogP contribution in [0.5, 0.6) is 0 Å². The fourth-order valence-electron chi connectivity index (χ4n) is 0.920. The van der Waals surface area contributed by atoms with Gasteiger partial charge in [0.1, 0.15) is 0 Å². The van der Waals surface area contributed by atoms with E-state index < -0.39 is 0 Å². The molecule has 0 unspecified atom stereocenters. The molecular weight excluding hydrogens is 211 g/mol. The summed E-state index contributed by atoms with van der Waals surface area (Å²) in [5.41, 5.74) is 0. The van der Waals surface area contributed by atoms with Crippen molar-refractivity contribution in [3.63, 3.8) is 0 Å². The molecule has 0 aliphatic carbocycles. The smallest absolute Gasteiger partial charge is 0.0883 e. The molecule has 0 aromatic heterocycles. The van der Waals surface area contributed by atoms with Gasteiger partial charge in [-0.1, -0.05) is 35.5 Å². The molecule has 0 atom stereocenters. The molecule has 0 spiro atoms. The summed E-state index contributed by atoms with van der Waals surface area (Å²) in [7, 11) is -0.266. The van der Waals surface area contributed by atoms with Gasteiger partial charge in [0.15, 0.2) is 0 Å². The Labute approximate surface area is 81.3 Å². The Balaban J connectivity index is 2.39. The largest absolute Gasteiger partial charge is 0.110 e. The molecular formula is C7H10Cl2Si2. The van der Waals surface area contributed by atoms with Crippen molar-refractivity contribution in [1.29, 1.82) is 0 Å². The number of alkyl halides is 2. The van der Waals surface area contributed by atoms with Crippen molar-refractivity contribution in [3.8, 4) is 0 Å². The van der Waals surface area contributed by atoms with Gasteiger partial charge in [0.05, 0.1) is 13.5 Å². The third-order valence-corrected chi connectivity index (χ3v) is 11.1. The summed E-state index contributed by atoms with van der Waals surface area (Å²) < 4.78 is -0.0399. The van der Waals surface area contributed by atoms with Gasteiger partial charge >= 0.3 is 0 Å². The van der Waals surface area contributed by atoms with Crippen LogP contribution in [0.4, 0.5) is 0 Å². The number of rotatable bonds is 3. The highest BCUT2D eigenvalue weighted by atomic mass is 35.5. The summed E-state index contributed by atoms with van der Waals surface area (Å²) in [4.78, 5) is 0. The van der Waals surface area contributed by atoms with Crippen LogP contribution in [-0.2, 0) is 0 Å². The minimum Gasteiger partial charge on any atom is -0.110 e. The topological polar surface area (TPSA) is 0 Å². The number of benzene rings is 1. The zero-order chi connectivity index (χ0) is 8.10. The molecule has 0 heterocycles. The van der Waals surface area contributed by atoms with Gasteiger partial charge in [0.2, 0.25) is 0 Å². The molecule has 0 nitrogen and oxygen atoms in total. The molecule has 1 aromatic carbocycles.